The van der Waals surface area contributed by atoms with E-state index in [1.807, 2.05) is 0 Å². The fraction of sp³-hybridized carbons (Fsp3) is 0.750. The molecule has 0 spiro atoms. The van der Waals surface area contributed by atoms with E-state index in [1.165, 1.54) is 7.11 Å². The van der Waals surface area contributed by atoms with Crippen LogP contribution in [0.2, 0.25) is 0 Å². The van der Waals surface area contributed by atoms with Gasteiger partial charge in [-0.05, 0) is 6.92 Å². The zero-order valence-corrected chi connectivity index (χ0v) is 7.47. The van der Waals surface area contributed by atoms with Crippen LogP contribution in [0.1, 0.15) is 8.35 Å². The van der Waals surface area contributed by atoms with Gasteiger partial charge in [-0.25, -0.2) is 0 Å². The number of esters is 1. The Labute approximate surface area is 72.3 Å². The topological polar surface area (TPSA) is 52.3 Å². The van der Waals surface area contributed by atoms with Crippen molar-refractivity contribution in [3.8, 4) is 0 Å². The van der Waals surface area contributed by atoms with Crippen LogP contribution >= 0.6 is 0 Å². The molecule has 0 amide bonds. The van der Waals surface area contributed by atoms with E-state index in [0.717, 1.165) is 0 Å². The number of methoxy groups -OCH3 is 1. The van der Waals surface area contributed by atoms with Crippen molar-refractivity contribution in [1.82, 2.24) is 0 Å². The molecule has 0 aliphatic rings. The Bertz CT molecular complexity index is 79.0. The van der Waals surface area contributed by atoms with E-state index in [9.17, 15) is 4.79 Å². The summed E-state index contributed by atoms with van der Waals surface area (Å²) in [5, 5.41) is 0. The van der Waals surface area contributed by atoms with E-state index >= 15 is 0 Å². The average molecular weight is 127 g/mol. The molecule has 0 saturated carbocycles. The second kappa shape index (κ2) is 5.56. The molecule has 0 saturated heterocycles. The molecule has 0 unspecified atom stereocenters. The van der Waals surface area contributed by atoms with Gasteiger partial charge in [0.25, 0.3) is 0 Å². The summed E-state index contributed by atoms with van der Waals surface area (Å²) in [5.74, 6) is -0.375. The molecule has 0 radical (unpaired) electrons. The Kier molecular flexibility index (Phi) is 7.83. The van der Waals surface area contributed by atoms with Crippen molar-refractivity contribution >= 4 is 5.97 Å². The van der Waals surface area contributed by atoms with Crippen LogP contribution in [0.4, 0.5) is 0 Å². The summed E-state index contributed by atoms with van der Waals surface area (Å²) in [6, 6.07) is -0.495. The first-order valence-corrected chi connectivity index (χ1v) is 2.02. The van der Waals surface area contributed by atoms with Gasteiger partial charge < -0.3 is 11.9 Å². The molecule has 0 heterocycles. The Morgan fingerprint density at radius 3 is 2.25 bits per heavy atom. The molecule has 0 aliphatic carbocycles. The van der Waals surface area contributed by atoms with Gasteiger partial charge in [0, 0.05) is 0 Å². The predicted molar refractivity (Wildman–Crippen MR) is 26.8 cm³/mol. The Hall–Kier alpha value is 0.430. The maximum absolute atomic E-state index is 10.2. The molecular formula is C4H10NNaO2. The molecule has 8 heavy (non-hydrogen) atoms. The van der Waals surface area contributed by atoms with Crippen LogP contribution in [-0.2, 0) is 9.53 Å². The van der Waals surface area contributed by atoms with E-state index in [1.54, 1.807) is 6.92 Å². The first-order valence-electron chi connectivity index (χ1n) is 2.02. The first kappa shape index (κ1) is 11.3. The second-order valence-electron chi connectivity index (χ2n) is 1.31. The number of hydrogen-bond acceptors (Lipinski definition) is 3. The van der Waals surface area contributed by atoms with Crippen molar-refractivity contribution in [1.29, 1.82) is 0 Å². The van der Waals surface area contributed by atoms with Gasteiger partial charge in [-0.2, -0.15) is 0 Å². The molecule has 0 aromatic carbocycles. The summed E-state index contributed by atoms with van der Waals surface area (Å²) < 4.78 is 4.25. The van der Waals surface area contributed by atoms with Gasteiger partial charge in [0.15, 0.2) is 0 Å². The molecule has 0 bridgehead atoms. The van der Waals surface area contributed by atoms with Crippen LogP contribution in [0.5, 0.6) is 0 Å². The van der Waals surface area contributed by atoms with Crippen LogP contribution in [0, 0.1) is 0 Å². The van der Waals surface area contributed by atoms with Crippen molar-refractivity contribution in [2.75, 3.05) is 7.11 Å². The third-order valence-corrected chi connectivity index (χ3v) is 0.573. The summed E-state index contributed by atoms with van der Waals surface area (Å²) >= 11 is 0. The van der Waals surface area contributed by atoms with Crippen LogP contribution in [0.3, 0.4) is 0 Å². The van der Waals surface area contributed by atoms with Crippen molar-refractivity contribution < 1.29 is 40.5 Å². The minimum atomic E-state index is -0.495. The minimum Gasteiger partial charge on any atom is -1.00 e. The molecule has 4 heteroatoms. The summed E-state index contributed by atoms with van der Waals surface area (Å²) in [7, 11) is 1.31. The fourth-order valence-corrected chi connectivity index (χ4v) is 0.186. The molecule has 0 aromatic heterocycles. The summed E-state index contributed by atoms with van der Waals surface area (Å²) in [6.07, 6.45) is 0. The second-order valence-corrected chi connectivity index (χ2v) is 1.31. The van der Waals surface area contributed by atoms with Gasteiger partial charge in [0.2, 0.25) is 0 Å². The Morgan fingerprint density at radius 2 is 2.25 bits per heavy atom. The standard InChI is InChI=1S/C4H9NO2.Na.H/c1-3(5)4(6)7-2;;/h3H,5H2,1-2H3;;/q;+1;-1/t3-;;/m0../s1. The Morgan fingerprint density at radius 1 is 1.88 bits per heavy atom. The van der Waals surface area contributed by atoms with Gasteiger partial charge in [0.1, 0.15) is 6.04 Å². The summed E-state index contributed by atoms with van der Waals surface area (Å²) in [4.78, 5) is 10.2. The van der Waals surface area contributed by atoms with Gasteiger partial charge in [-0.15, -0.1) is 0 Å². The van der Waals surface area contributed by atoms with E-state index in [2.05, 4.69) is 4.74 Å². The molecular weight excluding hydrogens is 117 g/mol. The molecule has 0 rings (SSSR count). The third kappa shape index (κ3) is 4.59. The third-order valence-electron chi connectivity index (χ3n) is 0.573. The van der Waals surface area contributed by atoms with Crippen LogP contribution in [0.25, 0.3) is 0 Å². The quantitative estimate of drug-likeness (QED) is 0.295. The predicted octanol–water partition coefficient (Wildman–Crippen LogP) is -3.38. The Balaban J connectivity index is -0.000000180. The van der Waals surface area contributed by atoms with Crippen LogP contribution in [-0.4, -0.2) is 19.1 Å². The number of rotatable bonds is 1. The number of hydrogen-bond donors (Lipinski definition) is 1. The number of nitrogens with two attached hydrogens (primary N) is 1. The van der Waals surface area contributed by atoms with E-state index in [4.69, 9.17) is 5.73 Å². The zero-order valence-electron chi connectivity index (χ0n) is 6.47. The number of carbonyl (C=O) groups excluding carboxylic acids is 1. The molecule has 0 aromatic rings. The van der Waals surface area contributed by atoms with Crippen LogP contribution in [0.15, 0.2) is 0 Å². The number of ether oxygens (including phenoxy) is 1. The van der Waals surface area contributed by atoms with Gasteiger partial charge >= 0.3 is 35.5 Å². The monoisotopic (exact) mass is 127 g/mol. The summed E-state index contributed by atoms with van der Waals surface area (Å²) in [5.41, 5.74) is 5.07. The van der Waals surface area contributed by atoms with Gasteiger partial charge in [-0.1, -0.05) is 0 Å². The molecule has 2 N–H and O–H groups in total. The number of carbonyl (C=O) groups is 1. The largest absolute Gasteiger partial charge is 1.00 e. The van der Waals surface area contributed by atoms with Crippen molar-refractivity contribution in [3.05, 3.63) is 0 Å². The van der Waals surface area contributed by atoms with E-state index < -0.39 is 6.04 Å². The molecule has 3 nitrogen and oxygen atoms in total. The zero-order chi connectivity index (χ0) is 5.86. The average Bonchev–Trinajstić information content (AvgIpc) is 1.65. The summed E-state index contributed by atoms with van der Waals surface area (Å²) in [6.45, 7) is 1.58. The van der Waals surface area contributed by atoms with Crippen molar-refractivity contribution in [2.24, 2.45) is 5.73 Å². The van der Waals surface area contributed by atoms with E-state index in [0.29, 0.717) is 0 Å². The molecule has 1 atom stereocenters. The SMILES string of the molecule is COC(=O)[C@H](C)N.[H-].[Na+]. The van der Waals surface area contributed by atoms with Crippen LogP contribution < -0.4 is 35.3 Å². The normalized spacial score (nSPS) is 11.4. The maximum Gasteiger partial charge on any atom is 1.00 e. The minimum absolute atomic E-state index is 0. The maximum atomic E-state index is 10.2. The smallest absolute Gasteiger partial charge is 1.00 e. The van der Waals surface area contributed by atoms with Gasteiger partial charge in [0.05, 0.1) is 7.11 Å². The van der Waals surface area contributed by atoms with Crippen molar-refractivity contribution in [2.45, 2.75) is 13.0 Å². The van der Waals surface area contributed by atoms with Crippen molar-refractivity contribution in [3.63, 3.8) is 0 Å². The molecule has 0 fully saturated rings. The van der Waals surface area contributed by atoms with Gasteiger partial charge in [-0.3, -0.25) is 4.79 Å². The molecule has 0 aliphatic heterocycles. The molecule has 44 valence electrons. The van der Waals surface area contributed by atoms with E-state index in [-0.39, 0.29) is 37.0 Å². The first-order chi connectivity index (χ1) is 3.18. The fourth-order valence-electron chi connectivity index (χ4n) is 0.186.